The summed E-state index contributed by atoms with van der Waals surface area (Å²) in [6, 6.07) is 6.99. The molecule has 0 radical (unpaired) electrons. The quantitative estimate of drug-likeness (QED) is 0.776. The molecule has 1 aromatic carbocycles. The lowest BCUT2D eigenvalue weighted by molar-refractivity contribution is 0.0366. The number of rotatable bonds is 7. The SMILES string of the molecule is COCCN(C[C@H]1CC2(CCN(C(=O)c3ccc(O)cc3)CC2)CO1)C(C)C. The van der Waals surface area contributed by atoms with Gasteiger partial charge in [-0.3, -0.25) is 9.69 Å². The van der Waals surface area contributed by atoms with Gasteiger partial charge in [0.25, 0.3) is 5.91 Å². The molecule has 0 saturated carbocycles. The fourth-order valence-electron chi connectivity index (χ4n) is 4.36. The summed E-state index contributed by atoms with van der Waals surface area (Å²) in [5.74, 6) is 0.236. The highest BCUT2D eigenvalue weighted by atomic mass is 16.5. The molecule has 6 heteroatoms. The molecule has 0 aliphatic carbocycles. The van der Waals surface area contributed by atoms with Crippen LogP contribution in [0, 0.1) is 5.41 Å². The smallest absolute Gasteiger partial charge is 0.253 e. The number of nitrogens with zero attached hydrogens (tertiary/aromatic N) is 2. The van der Waals surface area contributed by atoms with Crippen LogP contribution >= 0.6 is 0 Å². The zero-order valence-corrected chi connectivity index (χ0v) is 17.4. The number of phenolic OH excluding ortho intramolecular Hbond substituents is 1. The summed E-state index contributed by atoms with van der Waals surface area (Å²) >= 11 is 0. The van der Waals surface area contributed by atoms with Crippen LogP contribution in [0.25, 0.3) is 0 Å². The Bertz CT molecular complexity index is 638. The largest absolute Gasteiger partial charge is 0.508 e. The highest BCUT2D eigenvalue weighted by molar-refractivity contribution is 5.94. The van der Waals surface area contributed by atoms with Crippen LogP contribution in [-0.2, 0) is 9.47 Å². The molecule has 1 atom stereocenters. The Morgan fingerprint density at radius 1 is 1.32 bits per heavy atom. The van der Waals surface area contributed by atoms with Gasteiger partial charge in [-0.2, -0.15) is 0 Å². The first kappa shape index (κ1) is 21.1. The van der Waals surface area contributed by atoms with E-state index in [1.54, 1.807) is 31.4 Å². The van der Waals surface area contributed by atoms with Crippen molar-refractivity contribution in [3.63, 3.8) is 0 Å². The number of piperidine rings is 1. The fraction of sp³-hybridized carbons (Fsp3) is 0.682. The highest BCUT2D eigenvalue weighted by Crippen LogP contribution is 2.42. The van der Waals surface area contributed by atoms with Gasteiger partial charge >= 0.3 is 0 Å². The van der Waals surface area contributed by atoms with Gasteiger partial charge < -0.3 is 19.5 Å². The predicted octanol–water partition coefficient (Wildman–Crippen LogP) is 2.76. The van der Waals surface area contributed by atoms with E-state index in [1.807, 2.05) is 4.90 Å². The lowest BCUT2D eigenvalue weighted by atomic mass is 9.76. The summed E-state index contributed by atoms with van der Waals surface area (Å²) in [5.41, 5.74) is 0.848. The highest BCUT2D eigenvalue weighted by Gasteiger charge is 2.43. The van der Waals surface area contributed by atoms with Crippen LogP contribution in [-0.4, -0.2) is 79.5 Å². The average Bonchev–Trinajstić information content (AvgIpc) is 3.07. The number of carbonyl (C=O) groups excluding carboxylic acids is 1. The molecule has 1 N–H and O–H groups in total. The summed E-state index contributed by atoms with van der Waals surface area (Å²) < 4.78 is 11.4. The van der Waals surface area contributed by atoms with E-state index in [9.17, 15) is 9.90 Å². The zero-order valence-electron chi connectivity index (χ0n) is 17.4. The van der Waals surface area contributed by atoms with Crippen molar-refractivity contribution in [2.45, 2.75) is 45.3 Å². The summed E-state index contributed by atoms with van der Waals surface area (Å²) in [5, 5.41) is 9.41. The molecule has 3 rings (SSSR count). The van der Waals surface area contributed by atoms with Crippen LogP contribution in [0.3, 0.4) is 0 Å². The van der Waals surface area contributed by atoms with Crippen molar-refractivity contribution in [2.75, 3.05) is 46.5 Å². The maximum atomic E-state index is 12.7. The first-order valence-corrected chi connectivity index (χ1v) is 10.4. The Kier molecular flexibility index (Phi) is 6.96. The van der Waals surface area contributed by atoms with Crippen LogP contribution in [0.2, 0.25) is 0 Å². The topological polar surface area (TPSA) is 62.2 Å². The zero-order chi connectivity index (χ0) is 20.1. The van der Waals surface area contributed by atoms with Gasteiger partial charge in [-0.25, -0.2) is 0 Å². The Hall–Kier alpha value is -1.63. The maximum absolute atomic E-state index is 12.7. The predicted molar refractivity (Wildman–Crippen MR) is 109 cm³/mol. The lowest BCUT2D eigenvalue weighted by Gasteiger charge is -2.38. The molecule has 1 amide bonds. The molecule has 6 nitrogen and oxygen atoms in total. The fourth-order valence-corrected chi connectivity index (χ4v) is 4.36. The number of amides is 1. The van der Waals surface area contributed by atoms with E-state index in [1.165, 1.54) is 0 Å². The summed E-state index contributed by atoms with van der Waals surface area (Å²) in [7, 11) is 1.74. The molecular formula is C22H34N2O4. The summed E-state index contributed by atoms with van der Waals surface area (Å²) in [6.07, 6.45) is 3.32. The molecule has 0 bridgehead atoms. The number of ether oxygens (including phenoxy) is 2. The third-order valence-electron chi connectivity index (χ3n) is 6.26. The Morgan fingerprint density at radius 2 is 2.00 bits per heavy atom. The molecule has 1 spiro atoms. The first-order valence-electron chi connectivity index (χ1n) is 10.4. The van der Waals surface area contributed by atoms with Gasteiger partial charge in [-0.05, 0) is 62.8 Å². The molecule has 28 heavy (non-hydrogen) atoms. The van der Waals surface area contributed by atoms with E-state index in [4.69, 9.17) is 9.47 Å². The van der Waals surface area contributed by atoms with E-state index in [0.717, 1.165) is 58.7 Å². The number of methoxy groups -OCH3 is 1. The number of benzene rings is 1. The van der Waals surface area contributed by atoms with Crippen molar-refractivity contribution in [1.82, 2.24) is 9.80 Å². The van der Waals surface area contributed by atoms with Crippen LogP contribution in [0.4, 0.5) is 0 Å². The number of aromatic hydroxyl groups is 1. The van der Waals surface area contributed by atoms with Crippen molar-refractivity contribution in [2.24, 2.45) is 5.41 Å². The van der Waals surface area contributed by atoms with Crippen molar-refractivity contribution in [3.8, 4) is 5.75 Å². The normalized spacial score (nSPS) is 21.8. The standard InChI is InChI=1S/C22H34N2O4/c1-17(2)24(12-13-27-3)15-20-14-22(16-28-20)8-10-23(11-9-22)21(26)18-4-6-19(25)7-5-18/h4-7,17,20,25H,8-16H2,1-3H3/t20-/m1/s1. The molecule has 156 valence electrons. The van der Waals surface area contributed by atoms with E-state index in [0.29, 0.717) is 11.6 Å². The lowest BCUT2D eigenvalue weighted by Crippen LogP contribution is -2.44. The third kappa shape index (κ3) is 5.04. The molecule has 2 fully saturated rings. The molecule has 0 aromatic heterocycles. The minimum atomic E-state index is 0.0517. The van der Waals surface area contributed by atoms with Gasteiger partial charge in [0.2, 0.25) is 0 Å². The van der Waals surface area contributed by atoms with Crippen molar-refractivity contribution in [3.05, 3.63) is 29.8 Å². The number of hydrogen-bond acceptors (Lipinski definition) is 5. The van der Waals surface area contributed by atoms with Crippen molar-refractivity contribution in [1.29, 1.82) is 0 Å². The average molecular weight is 391 g/mol. The van der Waals surface area contributed by atoms with Crippen molar-refractivity contribution >= 4 is 5.91 Å². The van der Waals surface area contributed by atoms with Gasteiger partial charge in [0.1, 0.15) is 5.75 Å². The van der Waals surface area contributed by atoms with Crippen LogP contribution < -0.4 is 0 Å². The van der Waals surface area contributed by atoms with Gasteiger partial charge in [0.15, 0.2) is 0 Å². The Morgan fingerprint density at radius 3 is 2.61 bits per heavy atom. The molecule has 2 heterocycles. The molecule has 2 saturated heterocycles. The Balaban J connectivity index is 1.51. The molecule has 2 aliphatic heterocycles. The number of likely N-dealkylation sites (tertiary alicyclic amines) is 1. The van der Waals surface area contributed by atoms with E-state index >= 15 is 0 Å². The monoisotopic (exact) mass is 390 g/mol. The Labute approximate surface area is 168 Å². The molecular weight excluding hydrogens is 356 g/mol. The summed E-state index contributed by atoms with van der Waals surface area (Å²) in [4.78, 5) is 17.1. The molecule has 0 unspecified atom stereocenters. The van der Waals surface area contributed by atoms with E-state index in [2.05, 4.69) is 18.7 Å². The van der Waals surface area contributed by atoms with Gasteiger partial charge in [0.05, 0.1) is 19.3 Å². The minimum Gasteiger partial charge on any atom is -0.508 e. The van der Waals surface area contributed by atoms with E-state index in [-0.39, 0.29) is 23.2 Å². The summed E-state index contributed by atoms with van der Waals surface area (Å²) in [6.45, 7) is 9.39. The van der Waals surface area contributed by atoms with Crippen molar-refractivity contribution < 1.29 is 19.4 Å². The van der Waals surface area contributed by atoms with Gasteiger partial charge in [0, 0.05) is 44.9 Å². The number of phenols is 1. The molecule has 1 aromatic rings. The second-order valence-corrected chi connectivity index (χ2v) is 8.56. The van der Waals surface area contributed by atoms with Crippen LogP contribution in [0.1, 0.15) is 43.5 Å². The van der Waals surface area contributed by atoms with Crippen LogP contribution in [0.15, 0.2) is 24.3 Å². The number of hydrogen-bond donors (Lipinski definition) is 1. The second kappa shape index (κ2) is 9.25. The van der Waals surface area contributed by atoms with Gasteiger partial charge in [-0.1, -0.05) is 0 Å². The number of carbonyl (C=O) groups is 1. The van der Waals surface area contributed by atoms with E-state index < -0.39 is 0 Å². The first-order chi connectivity index (χ1) is 13.4. The van der Waals surface area contributed by atoms with Crippen LogP contribution in [0.5, 0.6) is 5.75 Å². The second-order valence-electron chi connectivity index (χ2n) is 8.56. The maximum Gasteiger partial charge on any atom is 0.253 e. The molecule has 2 aliphatic rings. The minimum absolute atomic E-state index is 0.0517. The van der Waals surface area contributed by atoms with Gasteiger partial charge in [-0.15, -0.1) is 0 Å². The third-order valence-corrected chi connectivity index (χ3v) is 6.26.